The number of aromatic nitrogens is 3. The third-order valence-electron chi connectivity index (χ3n) is 3.31. The van der Waals surface area contributed by atoms with Gasteiger partial charge in [0.1, 0.15) is 5.69 Å². The Kier molecular flexibility index (Phi) is 3.70. The zero-order valence-electron chi connectivity index (χ0n) is 11.8. The molecular weight excluding hydrogens is 286 g/mol. The van der Waals surface area contributed by atoms with Crippen LogP contribution in [0.25, 0.3) is 16.9 Å². The van der Waals surface area contributed by atoms with Gasteiger partial charge in [-0.3, -0.25) is 0 Å². The number of nitrogens with zero attached hydrogens (tertiary/aromatic N) is 3. The van der Waals surface area contributed by atoms with Crippen molar-refractivity contribution in [1.29, 1.82) is 0 Å². The number of thiol groups is 1. The lowest BCUT2D eigenvalue weighted by molar-refractivity contribution is 0.356. The minimum absolute atomic E-state index is 0.538. The van der Waals surface area contributed by atoms with Crippen LogP contribution in [0.3, 0.4) is 0 Å². The van der Waals surface area contributed by atoms with Gasteiger partial charge in [0.2, 0.25) is 0 Å². The molecule has 0 unspecified atom stereocenters. The van der Waals surface area contributed by atoms with Crippen LogP contribution in [-0.2, 0) is 5.75 Å². The normalized spacial score (nSPS) is 10.8. The first kappa shape index (κ1) is 13.8. The standard InChI is InChI=1S/C15H15N3O2S/c1-19-12-6-3-5-10(14(12)20-2)13-11(9-21)15-16-7-4-8-18(15)17-13/h3-8,21H,9H2,1-2H3. The van der Waals surface area contributed by atoms with Crippen molar-refractivity contribution in [3.8, 4) is 22.8 Å². The van der Waals surface area contributed by atoms with Crippen molar-refractivity contribution in [2.45, 2.75) is 5.75 Å². The van der Waals surface area contributed by atoms with Gasteiger partial charge in [-0.1, -0.05) is 6.07 Å². The van der Waals surface area contributed by atoms with E-state index in [1.54, 1.807) is 24.9 Å². The predicted molar refractivity (Wildman–Crippen MR) is 84.2 cm³/mol. The Morgan fingerprint density at radius 1 is 1.19 bits per heavy atom. The number of hydrogen-bond donors (Lipinski definition) is 1. The summed E-state index contributed by atoms with van der Waals surface area (Å²) in [6, 6.07) is 7.57. The van der Waals surface area contributed by atoms with E-state index in [0.29, 0.717) is 17.3 Å². The molecule has 21 heavy (non-hydrogen) atoms. The van der Waals surface area contributed by atoms with E-state index in [9.17, 15) is 0 Å². The number of methoxy groups -OCH3 is 2. The highest BCUT2D eigenvalue weighted by molar-refractivity contribution is 7.79. The molecular formula is C15H15N3O2S. The Hall–Kier alpha value is -2.21. The van der Waals surface area contributed by atoms with Gasteiger partial charge >= 0.3 is 0 Å². The summed E-state index contributed by atoms with van der Waals surface area (Å²) in [5, 5.41) is 4.61. The van der Waals surface area contributed by atoms with Crippen molar-refractivity contribution in [2.75, 3.05) is 14.2 Å². The van der Waals surface area contributed by atoms with Crippen LogP contribution in [0.15, 0.2) is 36.7 Å². The molecule has 0 amide bonds. The highest BCUT2D eigenvalue weighted by atomic mass is 32.1. The van der Waals surface area contributed by atoms with Gasteiger partial charge in [-0.25, -0.2) is 9.50 Å². The van der Waals surface area contributed by atoms with Crippen LogP contribution in [0.5, 0.6) is 11.5 Å². The smallest absolute Gasteiger partial charge is 0.170 e. The van der Waals surface area contributed by atoms with Crippen LogP contribution in [0, 0.1) is 0 Å². The topological polar surface area (TPSA) is 48.7 Å². The monoisotopic (exact) mass is 301 g/mol. The van der Waals surface area contributed by atoms with Gasteiger partial charge < -0.3 is 9.47 Å². The van der Waals surface area contributed by atoms with Crippen molar-refractivity contribution in [2.24, 2.45) is 0 Å². The van der Waals surface area contributed by atoms with Gasteiger partial charge in [0.15, 0.2) is 17.1 Å². The Labute approximate surface area is 127 Å². The Morgan fingerprint density at radius 3 is 2.76 bits per heavy atom. The van der Waals surface area contributed by atoms with Gasteiger partial charge in [0.05, 0.1) is 14.2 Å². The van der Waals surface area contributed by atoms with Gasteiger partial charge in [0.25, 0.3) is 0 Å². The van der Waals surface area contributed by atoms with E-state index in [1.807, 2.05) is 30.5 Å². The van der Waals surface area contributed by atoms with E-state index in [4.69, 9.17) is 9.47 Å². The van der Waals surface area contributed by atoms with Crippen LogP contribution in [0.2, 0.25) is 0 Å². The van der Waals surface area contributed by atoms with E-state index >= 15 is 0 Å². The van der Waals surface area contributed by atoms with Crippen molar-refractivity contribution < 1.29 is 9.47 Å². The van der Waals surface area contributed by atoms with Crippen LogP contribution < -0.4 is 9.47 Å². The summed E-state index contributed by atoms with van der Waals surface area (Å²) in [6.45, 7) is 0. The molecule has 3 aromatic rings. The largest absolute Gasteiger partial charge is 0.493 e. The molecule has 6 heteroatoms. The quantitative estimate of drug-likeness (QED) is 0.753. The average molecular weight is 301 g/mol. The minimum atomic E-state index is 0.538. The Balaban J connectivity index is 2.30. The molecule has 0 fully saturated rings. The first-order valence-corrected chi connectivity index (χ1v) is 7.07. The number of ether oxygens (including phenoxy) is 2. The van der Waals surface area contributed by atoms with Gasteiger partial charge in [0, 0.05) is 29.3 Å². The van der Waals surface area contributed by atoms with Gasteiger partial charge in [-0.15, -0.1) is 0 Å². The molecule has 0 aliphatic rings. The Bertz CT molecular complexity index is 786. The minimum Gasteiger partial charge on any atom is -0.493 e. The molecule has 0 saturated heterocycles. The fourth-order valence-electron chi connectivity index (χ4n) is 2.37. The first-order valence-electron chi connectivity index (χ1n) is 6.44. The SMILES string of the molecule is COc1cccc(-c2nn3cccnc3c2CS)c1OC. The maximum atomic E-state index is 5.50. The lowest BCUT2D eigenvalue weighted by Crippen LogP contribution is -1.94. The third-order valence-corrected chi connectivity index (χ3v) is 3.62. The Morgan fingerprint density at radius 2 is 2.05 bits per heavy atom. The summed E-state index contributed by atoms with van der Waals surface area (Å²) in [7, 11) is 3.24. The molecule has 0 bridgehead atoms. The summed E-state index contributed by atoms with van der Waals surface area (Å²) in [5.41, 5.74) is 3.43. The first-order chi connectivity index (χ1) is 10.3. The molecule has 1 aromatic carbocycles. The van der Waals surface area contributed by atoms with Gasteiger partial charge in [-0.2, -0.15) is 17.7 Å². The predicted octanol–water partition coefficient (Wildman–Crippen LogP) is 2.84. The summed E-state index contributed by atoms with van der Waals surface area (Å²) in [6.07, 6.45) is 3.61. The van der Waals surface area contributed by atoms with Crippen LogP contribution in [-0.4, -0.2) is 28.8 Å². The average Bonchev–Trinajstić information content (AvgIpc) is 2.92. The second kappa shape index (κ2) is 5.65. The molecule has 0 spiro atoms. The molecule has 0 atom stereocenters. The highest BCUT2D eigenvalue weighted by Gasteiger charge is 2.19. The molecule has 0 radical (unpaired) electrons. The molecule has 0 N–H and O–H groups in total. The fraction of sp³-hybridized carbons (Fsp3) is 0.200. The van der Waals surface area contributed by atoms with Crippen LogP contribution in [0.4, 0.5) is 0 Å². The van der Waals surface area contributed by atoms with Gasteiger partial charge in [-0.05, 0) is 18.2 Å². The zero-order valence-corrected chi connectivity index (χ0v) is 12.7. The second-order valence-corrected chi connectivity index (χ2v) is 4.73. The molecule has 5 nitrogen and oxygen atoms in total. The molecule has 2 aromatic heterocycles. The third kappa shape index (κ3) is 2.21. The number of para-hydroxylation sites is 1. The number of hydrogen-bond acceptors (Lipinski definition) is 5. The molecule has 0 aliphatic heterocycles. The zero-order chi connectivity index (χ0) is 14.8. The van der Waals surface area contributed by atoms with E-state index in [-0.39, 0.29) is 0 Å². The second-order valence-electron chi connectivity index (χ2n) is 4.41. The molecule has 0 aliphatic carbocycles. The van der Waals surface area contributed by atoms with Crippen molar-refractivity contribution in [1.82, 2.24) is 14.6 Å². The summed E-state index contributed by atoms with van der Waals surface area (Å²) in [4.78, 5) is 4.38. The lowest BCUT2D eigenvalue weighted by atomic mass is 10.1. The van der Waals surface area contributed by atoms with Crippen molar-refractivity contribution >= 4 is 18.3 Å². The van der Waals surface area contributed by atoms with E-state index < -0.39 is 0 Å². The van der Waals surface area contributed by atoms with E-state index in [0.717, 1.165) is 22.5 Å². The molecule has 0 saturated carbocycles. The van der Waals surface area contributed by atoms with Crippen LogP contribution in [0.1, 0.15) is 5.56 Å². The molecule has 108 valence electrons. The number of benzene rings is 1. The lowest BCUT2D eigenvalue weighted by Gasteiger charge is -2.11. The maximum absolute atomic E-state index is 5.50. The summed E-state index contributed by atoms with van der Waals surface area (Å²) < 4.78 is 12.6. The maximum Gasteiger partial charge on any atom is 0.170 e. The van der Waals surface area contributed by atoms with Crippen LogP contribution >= 0.6 is 12.6 Å². The fourth-order valence-corrected chi connectivity index (χ4v) is 2.66. The summed E-state index contributed by atoms with van der Waals surface area (Å²) >= 11 is 4.42. The highest BCUT2D eigenvalue weighted by Crippen LogP contribution is 2.39. The summed E-state index contributed by atoms with van der Waals surface area (Å²) in [5.74, 6) is 1.87. The molecule has 3 rings (SSSR count). The molecule has 2 heterocycles. The van der Waals surface area contributed by atoms with Crippen molar-refractivity contribution in [3.05, 3.63) is 42.2 Å². The van der Waals surface area contributed by atoms with E-state index in [1.165, 1.54) is 0 Å². The van der Waals surface area contributed by atoms with E-state index in [2.05, 4.69) is 22.7 Å². The number of rotatable bonds is 4. The number of fused-ring (bicyclic) bond motifs is 1. The van der Waals surface area contributed by atoms with Crippen molar-refractivity contribution in [3.63, 3.8) is 0 Å².